The molecule has 0 spiro atoms. The Kier molecular flexibility index (Phi) is 7.26. The van der Waals surface area contributed by atoms with Crippen molar-refractivity contribution in [2.24, 2.45) is 0 Å². The maximum absolute atomic E-state index is 13.2. The van der Waals surface area contributed by atoms with E-state index < -0.39 is 10.0 Å². The Labute approximate surface area is 182 Å². The molecule has 0 fully saturated rings. The maximum atomic E-state index is 13.2. The Morgan fingerprint density at radius 2 is 1.53 bits per heavy atom. The van der Waals surface area contributed by atoms with Gasteiger partial charge in [-0.3, -0.25) is 4.79 Å². The first-order valence-corrected chi connectivity index (χ1v) is 11.3. The molecule has 0 aliphatic carbocycles. The summed E-state index contributed by atoms with van der Waals surface area (Å²) in [5.41, 5.74) is 2.82. The second-order valence-corrected chi connectivity index (χ2v) is 9.35. The van der Waals surface area contributed by atoms with E-state index in [4.69, 9.17) is 11.6 Å². The molecule has 0 atom stereocenters. The molecule has 0 aromatic heterocycles. The first-order valence-electron chi connectivity index (χ1n) is 9.46. The Morgan fingerprint density at radius 1 is 0.900 bits per heavy atom. The topological polar surface area (TPSA) is 66.5 Å². The zero-order chi connectivity index (χ0) is 21.6. The van der Waals surface area contributed by atoms with Crippen molar-refractivity contribution in [3.05, 3.63) is 101 Å². The molecule has 0 unspecified atom stereocenters. The van der Waals surface area contributed by atoms with Crippen LogP contribution >= 0.6 is 11.6 Å². The van der Waals surface area contributed by atoms with Gasteiger partial charge in [0.25, 0.3) is 0 Å². The van der Waals surface area contributed by atoms with Gasteiger partial charge in [-0.25, -0.2) is 8.42 Å². The lowest BCUT2D eigenvalue weighted by Gasteiger charge is -2.22. The summed E-state index contributed by atoms with van der Waals surface area (Å²) in [6, 6.07) is 23.0. The lowest BCUT2D eigenvalue weighted by Crippen LogP contribution is -2.40. The number of carbonyl (C=O) groups excluding carboxylic acids is 1. The van der Waals surface area contributed by atoms with Gasteiger partial charge < -0.3 is 5.32 Å². The Hall–Kier alpha value is -2.67. The van der Waals surface area contributed by atoms with Gasteiger partial charge in [0.1, 0.15) is 0 Å². The highest BCUT2D eigenvalue weighted by Crippen LogP contribution is 2.20. The largest absolute Gasteiger partial charge is 0.351 e. The summed E-state index contributed by atoms with van der Waals surface area (Å²) < 4.78 is 27.6. The maximum Gasteiger partial charge on any atom is 0.243 e. The second-order valence-electron chi connectivity index (χ2n) is 6.97. The fourth-order valence-electron chi connectivity index (χ4n) is 2.89. The molecule has 3 rings (SSSR count). The number of hydrogen-bond donors (Lipinski definition) is 1. The number of sulfonamides is 1. The first kappa shape index (κ1) is 22.0. The number of halogens is 1. The number of hydrogen-bond acceptors (Lipinski definition) is 3. The third kappa shape index (κ3) is 5.92. The van der Waals surface area contributed by atoms with Crippen LogP contribution in [0, 0.1) is 6.92 Å². The van der Waals surface area contributed by atoms with Gasteiger partial charge in [0.15, 0.2) is 0 Å². The summed E-state index contributed by atoms with van der Waals surface area (Å²) in [4.78, 5) is 12.7. The number of benzene rings is 3. The molecule has 1 amide bonds. The van der Waals surface area contributed by atoms with Crippen molar-refractivity contribution in [3.8, 4) is 0 Å². The second kappa shape index (κ2) is 9.89. The highest BCUT2D eigenvalue weighted by molar-refractivity contribution is 7.89. The molecule has 0 saturated carbocycles. The van der Waals surface area contributed by atoms with Crippen LogP contribution in [0.2, 0.25) is 5.02 Å². The van der Waals surface area contributed by atoms with Gasteiger partial charge in [-0.2, -0.15) is 4.31 Å². The highest BCUT2D eigenvalue weighted by atomic mass is 35.5. The monoisotopic (exact) mass is 442 g/mol. The summed E-state index contributed by atoms with van der Waals surface area (Å²) in [5, 5.41) is 3.23. The molecule has 0 aliphatic rings. The molecule has 0 bridgehead atoms. The van der Waals surface area contributed by atoms with Gasteiger partial charge in [-0.15, -0.1) is 0 Å². The zero-order valence-corrected chi connectivity index (χ0v) is 18.2. The molecular weight excluding hydrogens is 420 g/mol. The summed E-state index contributed by atoms with van der Waals surface area (Å²) in [6.07, 6.45) is 0. The van der Waals surface area contributed by atoms with Gasteiger partial charge >= 0.3 is 0 Å². The number of nitrogens with zero attached hydrogens (tertiary/aromatic N) is 1. The van der Waals surface area contributed by atoms with E-state index in [0.29, 0.717) is 11.6 Å². The van der Waals surface area contributed by atoms with E-state index >= 15 is 0 Å². The summed E-state index contributed by atoms with van der Waals surface area (Å²) in [7, 11) is -3.89. The van der Waals surface area contributed by atoms with Gasteiger partial charge in [0.2, 0.25) is 15.9 Å². The normalized spacial score (nSPS) is 11.4. The Balaban J connectivity index is 1.80. The van der Waals surface area contributed by atoms with Crippen molar-refractivity contribution in [1.82, 2.24) is 9.62 Å². The Bertz CT molecular complexity index is 1080. The van der Waals surface area contributed by atoms with E-state index in [2.05, 4.69) is 5.32 Å². The van der Waals surface area contributed by atoms with Crippen molar-refractivity contribution < 1.29 is 13.2 Å². The average molecular weight is 443 g/mol. The molecule has 30 heavy (non-hydrogen) atoms. The van der Waals surface area contributed by atoms with Gasteiger partial charge in [0, 0.05) is 18.1 Å². The van der Waals surface area contributed by atoms with Crippen LogP contribution in [-0.4, -0.2) is 25.2 Å². The van der Waals surface area contributed by atoms with Gasteiger partial charge in [0.05, 0.1) is 11.4 Å². The van der Waals surface area contributed by atoms with E-state index in [9.17, 15) is 13.2 Å². The van der Waals surface area contributed by atoms with Crippen LogP contribution in [0.4, 0.5) is 0 Å². The van der Waals surface area contributed by atoms with Crippen LogP contribution in [0.5, 0.6) is 0 Å². The predicted octanol–water partition coefficient (Wildman–Crippen LogP) is 4.16. The molecule has 7 heteroatoms. The average Bonchev–Trinajstić information content (AvgIpc) is 2.74. The van der Waals surface area contributed by atoms with Crippen LogP contribution in [-0.2, 0) is 27.9 Å². The minimum Gasteiger partial charge on any atom is -0.351 e. The van der Waals surface area contributed by atoms with Crippen LogP contribution in [0.3, 0.4) is 0 Å². The SMILES string of the molecule is Cc1ccc(CN(CC(=O)NCc2ccccc2)S(=O)(=O)c2ccc(Cl)cc2)cc1. The summed E-state index contributed by atoms with van der Waals surface area (Å²) in [6.45, 7) is 2.09. The minimum absolute atomic E-state index is 0.0873. The molecule has 0 heterocycles. The minimum atomic E-state index is -3.89. The summed E-state index contributed by atoms with van der Waals surface area (Å²) >= 11 is 5.90. The molecule has 0 radical (unpaired) electrons. The van der Waals surface area contributed by atoms with E-state index in [0.717, 1.165) is 16.7 Å². The van der Waals surface area contributed by atoms with Crippen molar-refractivity contribution >= 4 is 27.5 Å². The van der Waals surface area contributed by atoms with E-state index in [1.165, 1.54) is 28.6 Å². The smallest absolute Gasteiger partial charge is 0.243 e. The van der Waals surface area contributed by atoms with Gasteiger partial charge in [-0.1, -0.05) is 71.8 Å². The van der Waals surface area contributed by atoms with Crippen molar-refractivity contribution in [2.75, 3.05) is 6.54 Å². The fourth-order valence-corrected chi connectivity index (χ4v) is 4.40. The molecular formula is C23H23ClN2O3S. The number of carbonyl (C=O) groups is 1. The van der Waals surface area contributed by atoms with E-state index in [1.807, 2.05) is 61.5 Å². The van der Waals surface area contributed by atoms with E-state index in [-0.39, 0.29) is 23.9 Å². The standard InChI is InChI=1S/C23H23ClN2O3S/c1-18-7-9-20(10-8-18)16-26(30(28,29)22-13-11-21(24)12-14-22)17-23(27)25-15-19-5-3-2-4-6-19/h2-14H,15-17H2,1H3,(H,25,27). The van der Waals surface area contributed by atoms with Crippen LogP contribution in [0.25, 0.3) is 0 Å². The van der Waals surface area contributed by atoms with E-state index in [1.54, 1.807) is 0 Å². The molecule has 3 aromatic carbocycles. The number of rotatable bonds is 8. The summed E-state index contributed by atoms with van der Waals surface area (Å²) in [5.74, 6) is -0.372. The lowest BCUT2D eigenvalue weighted by atomic mass is 10.1. The third-order valence-electron chi connectivity index (χ3n) is 4.58. The number of aryl methyl sites for hydroxylation is 1. The zero-order valence-electron chi connectivity index (χ0n) is 16.6. The Morgan fingerprint density at radius 3 is 2.17 bits per heavy atom. The highest BCUT2D eigenvalue weighted by Gasteiger charge is 2.27. The van der Waals surface area contributed by atoms with Crippen LogP contribution < -0.4 is 5.32 Å². The molecule has 5 nitrogen and oxygen atoms in total. The van der Waals surface area contributed by atoms with Crippen LogP contribution in [0.1, 0.15) is 16.7 Å². The van der Waals surface area contributed by atoms with Crippen LogP contribution in [0.15, 0.2) is 83.8 Å². The molecule has 0 aliphatic heterocycles. The molecule has 156 valence electrons. The fraction of sp³-hybridized carbons (Fsp3) is 0.174. The van der Waals surface area contributed by atoms with Crippen molar-refractivity contribution in [2.45, 2.75) is 24.9 Å². The lowest BCUT2D eigenvalue weighted by molar-refractivity contribution is -0.121. The molecule has 3 aromatic rings. The third-order valence-corrected chi connectivity index (χ3v) is 6.64. The predicted molar refractivity (Wildman–Crippen MR) is 119 cm³/mol. The van der Waals surface area contributed by atoms with Gasteiger partial charge in [-0.05, 0) is 42.3 Å². The molecule has 0 saturated heterocycles. The number of nitrogens with one attached hydrogen (secondary N) is 1. The quantitative estimate of drug-likeness (QED) is 0.569. The van der Waals surface area contributed by atoms with Crippen molar-refractivity contribution in [3.63, 3.8) is 0 Å². The molecule has 1 N–H and O–H groups in total. The first-order chi connectivity index (χ1) is 14.3. The number of amides is 1. The van der Waals surface area contributed by atoms with Crippen molar-refractivity contribution in [1.29, 1.82) is 0 Å².